The van der Waals surface area contributed by atoms with Crippen molar-refractivity contribution in [2.24, 2.45) is 11.7 Å². The van der Waals surface area contributed by atoms with Crippen LogP contribution in [0.1, 0.15) is 13.8 Å². The monoisotopic (exact) mass is 171 g/mol. The Morgan fingerprint density at radius 3 is 2.17 bits per heavy atom. The Labute approximate surface area is 71.4 Å². The molecule has 0 bridgehead atoms. The number of hydrogen-bond acceptors (Lipinski definition) is 3. The molecule has 0 aliphatic heterocycles. The fraction of sp³-hybridized carbons (Fsp3) is 0.500. The lowest BCUT2D eigenvalue weighted by Crippen LogP contribution is -2.19. The fourth-order valence-corrected chi connectivity index (χ4v) is 0.708. The number of rotatable bonds is 3. The maximum absolute atomic E-state index is 10.7. The third kappa shape index (κ3) is 3.18. The van der Waals surface area contributed by atoms with Crippen molar-refractivity contribution < 1.29 is 14.3 Å². The van der Waals surface area contributed by atoms with E-state index in [4.69, 9.17) is 5.73 Å². The molecule has 0 aromatic rings. The average Bonchev–Trinajstić information content (AvgIpc) is 1.98. The van der Waals surface area contributed by atoms with Crippen LogP contribution in [0.15, 0.2) is 11.6 Å². The van der Waals surface area contributed by atoms with E-state index < -0.39 is 11.9 Å². The van der Waals surface area contributed by atoms with E-state index >= 15 is 0 Å². The molecule has 0 aliphatic carbocycles. The third-order valence-electron chi connectivity index (χ3n) is 1.38. The predicted octanol–water partition coefficient (Wildman–Crippen LogP) is 0.227. The predicted molar refractivity (Wildman–Crippen MR) is 44.1 cm³/mol. The van der Waals surface area contributed by atoms with Crippen molar-refractivity contribution in [2.45, 2.75) is 13.8 Å². The lowest BCUT2D eigenvalue weighted by atomic mass is 10.0. The highest BCUT2D eigenvalue weighted by molar-refractivity contribution is 5.98. The molecule has 0 saturated heterocycles. The largest absolute Gasteiger partial charge is 0.466 e. The first-order valence-corrected chi connectivity index (χ1v) is 3.58. The second kappa shape index (κ2) is 4.54. The van der Waals surface area contributed by atoms with Gasteiger partial charge in [0.25, 0.3) is 0 Å². The standard InChI is InChI=1S/C8H13NO3/c1-5(2)6(8(9)11)4-7(10)12-3/h4-5H,1-3H3,(H2,9,11)/b6-4-. The van der Waals surface area contributed by atoms with Gasteiger partial charge in [0.2, 0.25) is 5.91 Å². The first kappa shape index (κ1) is 10.7. The summed E-state index contributed by atoms with van der Waals surface area (Å²) in [5, 5.41) is 0. The van der Waals surface area contributed by atoms with Gasteiger partial charge in [0.1, 0.15) is 0 Å². The lowest BCUT2D eigenvalue weighted by molar-refractivity contribution is -0.135. The molecule has 0 aliphatic rings. The lowest BCUT2D eigenvalue weighted by Gasteiger charge is -2.05. The number of carbonyl (C=O) groups excluding carboxylic acids is 2. The Morgan fingerprint density at radius 2 is 1.92 bits per heavy atom. The summed E-state index contributed by atoms with van der Waals surface area (Å²) in [5.41, 5.74) is 5.31. The maximum atomic E-state index is 10.7. The van der Waals surface area contributed by atoms with Crippen LogP contribution in [0.5, 0.6) is 0 Å². The number of nitrogens with two attached hydrogens (primary N) is 1. The first-order chi connectivity index (χ1) is 5.49. The van der Waals surface area contributed by atoms with Crippen LogP contribution in [0.4, 0.5) is 0 Å². The highest BCUT2D eigenvalue weighted by Crippen LogP contribution is 2.08. The second-order valence-electron chi connectivity index (χ2n) is 2.64. The van der Waals surface area contributed by atoms with Crippen LogP contribution >= 0.6 is 0 Å². The summed E-state index contributed by atoms with van der Waals surface area (Å²) in [6.45, 7) is 3.55. The van der Waals surface area contributed by atoms with Crippen molar-refractivity contribution >= 4 is 11.9 Å². The zero-order chi connectivity index (χ0) is 9.72. The van der Waals surface area contributed by atoms with Gasteiger partial charge in [0, 0.05) is 11.6 Å². The zero-order valence-corrected chi connectivity index (χ0v) is 7.46. The molecular weight excluding hydrogens is 158 g/mol. The Kier molecular flexibility index (Phi) is 4.04. The van der Waals surface area contributed by atoms with Crippen molar-refractivity contribution in [1.29, 1.82) is 0 Å². The summed E-state index contributed by atoms with van der Waals surface area (Å²) < 4.78 is 4.36. The molecular formula is C8H13NO3. The topological polar surface area (TPSA) is 69.4 Å². The number of hydrogen-bond donors (Lipinski definition) is 1. The minimum absolute atomic E-state index is 0.0680. The number of esters is 1. The highest BCUT2D eigenvalue weighted by Gasteiger charge is 2.11. The Balaban J connectivity index is 4.61. The molecule has 0 heterocycles. The number of amides is 1. The fourth-order valence-electron chi connectivity index (χ4n) is 0.708. The number of methoxy groups -OCH3 is 1. The Morgan fingerprint density at radius 1 is 1.42 bits per heavy atom. The van der Waals surface area contributed by atoms with Gasteiger partial charge < -0.3 is 10.5 Å². The first-order valence-electron chi connectivity index (χ1n) is 3.58. The molecule has 68 valence electrons. The summed E-state index contributed by atoms with van der Waals surface area (Å²) in [6, 6.07) is 0. The molecule has 12 heavy (non-hydrogen) atoms. The summed E-state index contributed by atoms with van der Waals surface area (Å²) in [7, 11) is 1.25. The molecule has 0 radical (unpaired) electrons. The van der Waals surface area contributed by atoms with Gasteiger partial charge in [-0.1, -0.05) is 13.8 Å². The number of carbonyl (C=O) groups is 2. The van der Waals surface area contributed by atoms with Gasteiger partial charge in [-0.2, -0.15) is 0 Å². The van der Waals surface area contributed by atoms with Crippen LogP contribution in [-0.2, 0) is 14.3 Å². The molecule has 1 amide bonds. The molecule has 0 rings (SSSR count). The van der Waals surface area contributed by atoms with E-state index in [1.54, 1.807) is 13.8 Å². The summed E-state index contributed by atoms with van der Waals surface area (Å²) in [5.74, 6) is -1.21. The Hall–Kier alpha value is -1.32. The molecule has 0 aromatic heterocycles. The van der Waals surface area contributed by atoms with Crippen LogP contribution in [0, 0.1) is 5.92 Å². The van der Waals surface area contributed by atoms with Crippen molar-refractivity contribution in [2.75, 3.05) is 7.11 Å². The third-order valence-corrected chi connectivity index (χ3v) is 1.38. The molecule has 0 spiro atoms. The highest BCUT2D eigenvalue weighted by atomic mass is 16.5. The molecule has 0 atom stereocenters. The number of primary amides is 1. The van der Waals surface area contributed by atoms with E-state index in [1.807, 2.05) is 0 Å². The van der Waals surface area contributed by atoms with E-state index in [2.05, 4.69) is 4.74 Å². The van der Waals surface area contributed by atoms with E-state index in [9.17, 15) is 9.59 Å². The van der Waals surface area contributed by atoms with E-state index in [-0.39, 0.29) is 11.5 Å². The van der Waals surface area contributed by atoms with E-state index in [0.717, 1.165) is 6.08 Å². The van der Waals surface area contributed by atoms with Gasteiger partial charge in [-0.25, -0.2) is 4.79 Å². The van der Waals surface area contributed by atoms with Gasteiger partial charge in [0.05, 0.1) is 7.11 Å². The average molecular weight is 171 g/mol. The SMILES string of the molecule is COC(=O)/C=C(\C(N)=O)C(C)C. The molecule has 4 heteroatoms. The summed E-state index contributed by atoms with van der Waals surface area (Å²) in [6.07, 6.45) is 1.12. The smallest absolute Gasteiger partial charge is 0.330 e. The van der Waals surface area contributed by atoms with Crippen LogP contribution in [0.3, 0.4) is 0 Å². The van der Waals surface area contributed by atoms with Crippen molar-refractivity contribution in [3.63, 3.8) is 0 Å². The van der Waals surface area contributed by atoms with Crippen molar-refractivity contribution in [3.8, 4) is 0 Å². The quantitative estimate of drug-likeness (QED) is 0.488. The minimum atomic E-state index is -0.588. The van der Waals surface area contributed by atoms with Gasteiger partial charge >= 0.3 is 5.97 Å². The Bertz CT molecular complexity index is 218. The van der Waals surface area contributed by atoms with Crippen LogP contribution in [-0.4, -0.2) is 19.0 Å². The molecule has 4 nitrogen and oxygen atoms in total. The van der Waals surface area contributed by atoms with E-state index in [0.29, 0.717) is 0 Å². The summed E-state index contributed by atoms with van der Waals surface area (Å²) in [4.78, 5) is 21.5. The van der Waals surface area contributed by atoms with Crippen molar-refractivity contribution in [1.82, 2.24) is 0 Å². The normalized spacial score (nSPS) is 11.5. The van der Waals surface area contributed by atoms with Crippen LogP contribution in [0.25, 0.3) is 0 Å². The van der Waals surface area contributed by atoms with Crippen molar-refractivity contribution in [3.05, 3.63) is 11.6 Å². The van der Waals surface area contributed by atoms with Gasteiger partial charge in [-0.15, -0.1) is 0 Å². The van der Waals surface area contributed by atoms with Crippen LogP contribution < -0.4 is 5.73 Å². The maximum Gasteiger partial charge on any atom is 0.330 e. The molecule has 0 saturated carbocycles. The molecule has 0 aromatic carbocycles. The minimum Gasteiger partial charge on any atom is -0.466 e. The second-order valence-corrected chi connectivity index (χ2v) is 2.64. The molecule has 0 unspecified atom stereocenters. The molecule has 2 N–H and O–H groups in total. The van der Waals surface area contributed by atoms with E-state index in [1.165, 1.54) is 7.11 Å². The summed E-state index contributed by atoms with van der Waals surface area (Å²) >= 11 is 0. The van der Waals surface area contributed by atoms with Gasteiger partial charge in [0.15, 0.2) is 0 Å². The van der Waals surface area contributed by atoms with Crippen LogP contribution in [0.2, 0.25) is 0 Å². The molecule has 0 fully saturated rings. The van der Waals surface area contributed by atoms with Gasteiger partial charge in [-0.3, -0.25) is 4.79 Å². The number of ether oxygens (including phenoxy) is 1. The van der Waals surface area contributed by atoms with Gasteiger partial charge in [-0.05, 0) is 5.92 Å². The zero-order valence-electron chi connectivity index (χ0n) is 7.46.